The van der Waals surface area contributed by atoms with Crippen LogP contribution in [-0.4, -0.2) is 11.2 Å². The molecule has 5 nitrogen and oxygen atoms in total. The molecule has 1 fully saturated rings. The molecule has 0 bridgehead atoms. The van der Waals surface area contributed by atoms with E-state index < -0.39 is 0 Å². The third kappa shape index (κ3) is 4.94. The molecular weight excluding hydrogens is 343 g/mol. The largest absolute Gasteiger partial charge is 0.422 e. The SMILES string of the molecule is CCCCC1CCC(c2nc(C#N)c(N/N=C\c3ccccc3F)o2)CC1. The highest BCUT2D eigenvalue weighted by Gasteiger charge is 2.27. The van der Waals surface area contributed by atoms with E-state index >= 15 is 0 Å². The molecule has 27 heavy (non-hydrogen) atoms. The van der Waals surface area contributed by atoms with E-state index in [-0.39, 0.29) is 23.3 Å². The maximum absolute atomic E-state index is 13.6. The van der Waals surface area contributed by atoms with Crippen LogP contribution in [0.15, 0.2) is 33.8 Å². The van der Waals surface area contributed by atoms with Crippen molar-refractivity contribution in [1.82, 2.24) is 4.98 Å². The highest BCUT2D eigenvalue weighted by Crippen LogP contribution is 2.38. The van der Waals surface area contributed by atoms with Gasteiger partial charge >= 0.3 is 0 Å². The van der Waals surface area contributed by atoms with Gasteiger partial charge < -0.3 is 4.42 Å². The molecule has 0 radical (unpaired) electrons. The number of nitrogens with one attached hydrogen (secondary N) is 1. The number of aromatic nitrogens is 1. The van der Waals surface area contributed by atoms with Crippen molar-refractivity contribution >= 4 is 12.1 Å². The molecule has 1 N–H and O–H groups in total. The highest BCUT2D eigenvalue weighted by molar-refractivity contribution is 5.80. The van der Waals surface area contributed by atoms with Crippen LogP contribution in [0.1, 0.15) is 74.9 Å². The van der Waals surface area contributed by atoms with Crippen LogP contribution in [0.25, 0.3) is 0 Å². The number of oxazole rings is 1. The number of unbranched alkanes of at least 4 members (excludes halogenated alkanes) is 1. The molecule has 1 saturated carbocycles. The molecule has 1 aromatic heterocycles. The topological polar surface area (TPSA) is 74.2 Å². The van der Waals surface area contributed by atoms with Gasteiger partial charge in [-0.05, 0) is 37.7 Å². The fourth-order valence-corrected chi connectivity index (χ4v) is 3.59. The molecule has 0 atom stereocenters. The van der Waals surface area contributed by atoms with Crippen molar-refractivity contribution in [3.05, 3.63) is 47.2 Å². The van der Waals surface area contributed by atoms with Gasteiger partial charge in [-0.3, -0.25) is 0 Å². The maximum atomic E-state index is 13.6. The third-order valence-electron chi connectivity index (χ3n) is 5.19. The lowest BCUT2D eigenvalue weighted by Crippen LogP contribution is -2.13. The molecule has 3 rings (SSSR count). The Hall–Kier alpha value is -2.68. The van der Waals surface area contributed by atoms with E-state index in [1.807, 2.05) is 6.07 Å². The van der Waals surface area contributed by atoms with Crippen LogP contribution in [0.3, 0.4) is 0 Å². The van der Waals surface area contributed by atoms with Crippen LogP contribution in [0.2, 0.25) is 0 Å². The van der Waals surface area contributed by atoms with Gasteiger partial charge in [0.2, 0.25) is 11.6 Å². The maximum Gasteiger partial charge on any atom is 0.252 e. The summed E-state index contributed by atoms with van der Waals surface area (Å²) in [6.45, 7) is 2.23. The van der Waals surface area contributed by atoms with Crippen molar-refractivity contribution in [2.45, 2.75) is 57.8 Å². The first kappa shape index (κ1) is 19.1. The zero-order valence-electron chi connectivity index (χ0n) is 15.6. The summed E-state index contributed by atoms with van der Waals surface area (Å²) < 4.78 is 19.4. The van der Waals surface area contributed by atoms with Crippen molar-refractivity contribution in [3.63, 3.8) is 0 Å². The molecule has 1 aliphatic rings. The number of benzene rings is 1. The van der Waals surface area contributed by atoms with Crippen LogP contribution >= 0.6 is 0 Å². The summed E-state index contributed by atoms with van der Waals surface area (Å²) in [4.78, 5) is 4.34. The highest BCUT2D eigenvalue weighted by atomic mass is 19.1. The second-order valence-electron chi connectivity index (χ2n) is 7.09. The number of anilines is 1. The van der Waals surface area contributed by atoms with E-state index in [0.717, 1.165) is 18.8 Å². The number of halogens is 1. The summed E-state index contributed by atoms with van der Waals surface area (Å²) in [5.74, 6) is 1.51. The minimum Gasteiger partial charge on any atom is -0.422 e. The average molecular weight is 368 g/mol. The van der Waals surface area contributed by atoms with Crippen molar-refractivity contribution in [3.8, 4) is 6.07 Å². The first-order valence-electron chi connectivity index (χ1n) is 9.65. The monoisotopic (exact) mass is 368 g/mol. The zero-order chi connectivity index (χ0) is 19.1. The zero-order valence-corrected chi connectivity index (χ0v) is 15.6. The predicted octanol–water partition coefficient (Wildman–Crippen LogP) is 5.60. The second kappa shape index (κ2) is 9.31. The lowest BCUT2D eigenvalue weighted by Gasteiger charge is -2.26. The Morgan fingerprint density at radius 1 is 1.33 bits per heavy atom. The molecule has 0 amide bonds. The third-order valence-corrected chi connectivity index (χ3v) is 5.19. The van der Waals surface area contributed by atoms with Gasteiger partial charge in [-0.1, -0.05) is 44.4 Å². The quantitative estimate of drug-likeness (QED) is 0.510. The molecule has 1 aliphatic carbocycles. The normalized spacial score (nSPS) is 19.9. The first-order valence-corrected chi connectivity index (χ1v) is 9.65. The number of nitrogens with zero attached hydrogens (tertiary/aromatic N) is 3. The minimum atomic E-state index is -0.360. The van der Waals surface area contributed by atoms with E-state index in [1.54, 1.807) is 18.2 Å². The Labute approximate surface area is 159 Å². The van der Waals surface area contributed by atoms with Crippen molar-refractivity contribution in [2.75, 3.05) is 5.43 Å². The average Bonchev–Trinajstić information content (AvgIpc) is 3.11. The van der Waals surface area contributed by atoms with Gasteiger partial charge in [0.1, 0.15) is 11.9 Å². The molecule has 0 unspecified atom stereocenters. The molecular formula is C21H25FN4O. The molecule has 0 saturated heterocycles. The standard InChI is InChI=1S/C21H25FN4O/c1-2-3-6-15-9-11-16(12-10-15)20-25-19(13-23)21(27-20)26-24-14-17-7-4-5-8-18(17)22/h4-5,7-8,14-16,26H,2-3,6,9-12H2,1H3/b24-14-. The van der Waals surface area contributed by atoms with E-state index in [9.17, 15) is 9.65 Å². The molecule has 6 heteroatoms. The Bertz CT molecular complexity index is 816. The van der Waals surface area contributed by atoms with Crippen molar-refractivity contribution < 1.29 is 8.81 Å². The fraction of sp³-hybridized carbons (Fsp3) is 0.476. The lowest BCUT2D eigenvalue weighted by molar-refractivity contribution is 0.278. The summed E-state index contributed by atoms with van der Waals surface area (Å²) in [5.41, 5.74) is 3.23. The van der Waals surface area contributed by atoms with Gasteiger partial charge in [0, 0.05) is 11.5 Å². The van der Waals surface area contributed by atoms with E-state index in [0.29, 0.717) is 11.5 Å². The smallest absolute Gasteiger partial charge is 0.252 e. The van der Waals surface area contributed by atoms with Gasteiger partial charge in [0.25, 0.3) is 5.88 Å². The predicted molar refractivity (Wildman–Crippen MR) is 103 cm³/mol. The van der Waals surface area contributed by atoms with E-state index in [2.05, 4.69) is 22.4 Å². The van der Waals surface area contributed by atoms with Gasteiger partial charge in [0.15, 0.2) is 0 Å². The van der Waals surface area contributed by atoms with E-state index in [1.165, 1.54) is 44.4 Å². The van der Waals surface area contributed by atoms with Crippen LogP contribution < -0.4 is 5.43 Å². The van der Waals surface area contributed by atoms with E-state index in [4.69, 9.17) is 4.42 Å². The summed E-state index contributed by atoms with van der Waals surface area (Å²) in [7, 11) is 0. The fourth-order valence-electron chi connectivity index (χ4n) is 3.59. The van der Waals surface area contributed by atoms with Gasteiger partial charge in [0.05, 0.1) is 6.21 Å². The van der Waals surface area contributed by atoms with Crippen molar-refractivity contribution in [2.24, 2.45) is 11.0 Å². The molecule has 1 heterocycles. The number of hydrogen-bond donors (Lipinski definition) is 1. The Kier molecular flexibility index (Phi) is 6.59. The number of hydrogen-bond acceptors (Lipinski definition) is 5. The number of rotatable bonds is 7. The summed E-state index contributed by atoms with van der Waals surface area (Å²) >= 11 is 0. The van der Waals surface area contributed by atoms with Gasteiger partial charge in [-0.25, -0.2) is 14.8 Å². The number of hydrazone groups is 1. The first-order chi connectivity index (χ1) is 13.2. The van der Waals surface area contributed by atoms with Crippen LogP contribution in [0, 0.1) is 23.1 Å². The Balaban J connectivity index is 1.62. The van der Waals surface area contributed by atoms with Crippen LogP contribution in [0.4, 0.5) is 10.3 Å². The molecule has 0 aliphatic heterocycles. The van der Waals surface area contributed by atoms with Gasteiger partial charge in [-0.2, -0.15) is 10.4 Å². The van der Waals surface area contributed by atoms with Crippen molar-refractivity contribution in [1.29, 1.82) is 5.26 Å². The molecule has 1 aromatic carbocycles. The van der Waals surface area contributed by atoms with Gasteiger partial charge in [-0.15, -0.1) is 0 Å². The Morgan fingerprint density at radius 2 is 2.11 bits per heavy atom. The Morgan fingerprint density at radius 3 is 2.81 bits per heavy atom. The molecule has 2 aromatic rings. The molecule has 142 valence electrons. The molecule has 0 spiro atoms. The summed E-state index contributed by atoms with van der Waals surface area (Å²) in [6.07, 6.45) is 9.64. The minimum absolute atomic E-state index is 0.184. The number of nitriles is 1. The summed E-state index contributed by atoms with van der Waals surface area (Å²) in [6, 6.07) is 8.37. The lowest BCUT2D eigenvalue weighted by atomic mass is 9.80. The second-order valence-corrected chi connectivity index (χ2v) is 7.09. The summed E-state index contributed by atoms with van der Waals surface area (Å²) in [5, 5.41) is 13.3. The van der Waals surface area contributed by atoms with Crippen LogP contribution in [-0.2, 0) is 0 Å². The van der Waals surface area contributed by atoms with Crippen LogP contribution in [0.5, 0.6) is 0 Å².